The molecule has 0 amide bonds. The van der Waals surface area contributed by atoms with Gasteiger partial charge in [0.2, 0.25) is 0 Å². The number of benzene rings is 2. The van der Waals surface area contributed by atoms with Crippen LogP contribution in [0.2, 0.25) is 0 Å². The van der Waals surface area contributed by atoms with E-state index < -0.39 is 11.9 Å². The normalized spacial score (nSPS) is 19.7. The zero-order valence-corrected chi connectivity index (χ0v) is 19.6. The Bertz CT molecular complexity index is 721. The predicted octanol–water partition coefficient (Wildman–Crippen LogP) is 5.90. The molecule has 0 saturated heterocycles. The molecule has 6 nitrogen and oxygen atoms in total. The molecule has 2 aromatic rings. The predicted molar refractivity (Wildman–Crippen MR) is 118 cm³/mol. The van der Waals surface area contributed by atoms with Crippen molar-refractivity contribution in [2.45, 2.75) is 62.4 Å². The third-order valence-corrected chi connectivity index (χ3v) is 5.50. The SMILES string of the molecule is O=C(O)CC(c1ccccc1)C(CC(=O)O)c1ccccc1.[NH-]C1CCCCC1[NH-].[Pt+2]. The fourth-order valence-electron chi connectivity index (χ4n) is 3.89. The maximum Gasteiger partial charge on any atom is 2.00 e. The summed E-state index contributed by atoms with van der Waals surface area (Å²) < 4.78 is 0. The van der Waals surface area contributed by atoms with Gasteiger partial charge in [0.15, 0.2) is 0 Å². The molecule has 0 heterocycles. The van der Waals surface area contributed by atoms with Crippen molar-refractivity contribution in [2.24, 2.45) is 0 Å². The Hall–Kier alpha value is -2.01. The second-order valence-corrected chi connectivity index (χ2v) is 7.73. The monoisotopic (exact) mass is 605 g/mol. The van der Waals surface area contributed by atoms with Crippen LogP contribution in [-0.2, 0) is 30.7 Å². The van der Waals surface area contributed by atoms with Gasteiger partial charge in [-0.25, -0.2) is 0 Å². The Morgan fingerprint density at radius 1 is 0.742 bits per heavy atom. The summed E-state index contributed by atoms with van der Waals surface area (Å²) in [4.78, 5) is 22.5. The zero-order valence-electron chi connectivity index (χ0n) is 17.4. The van der Waals surface area contributed by atoms with Gasteiger partial charge in [-0.1, -0.05) is 86.3 Å². The van der Waals surface area contributed by atoms with E-state index in [9.17, 15) is 19.8 Å². The Kier molecular flexibility index (Phi) is 12.3. The second kappa shape index (κ2) is 14.1. The van der Waals surface area contributed by atoms with Crippen LogP contribution >= 0.6 is 0 Å². The van der Waals surface area contributed by atoms with Crippen molar-refractivity contribution in [2.75, 3.05) is 0 Å². The van der Waals surface area contributed by atoms with Gasteiger partial charge in [0, 0.05) is 11.8 Å². The Morgan fingerprint density at radius 3 is 1.32 bits per heavy atom. The standard InChI is InChI=1S/C18H18O4.C6H12N2.Pt/c19-17(20)11-15(13-7-3-1-4-8-13)16(12-18(21)22)14-9-5-2-6-10-14;7-5-3-1-2-4-6(5)8;/h1-10,15-16H,11-12H2,(H,19,20)(H,21,22);5-8H,1-4H2;/q;-2;+2. The fourth-order valence-corrected chi connectivity index (χ4v) is 3.89. The van der Waals surface area contributed by atoms with Crippen LogP contribution in [0.5, 0.6) is 0 Å². The van der Waals surface area contributed by atoms with Gasteiger partial charge in [-0.15, -0.1) is 0 Å². The largest absolute Gasteiger partial charge is 2.00 e. The van der Waals surface area contributed by atoms with Crippen molar-refractivity contribution >= 4 is 11.9 Å². The topological polar surface area (TPSA) is 122 Å². The van der Waals surface area contributed by atoms with Gasteiger partial charge >= 0.3 is 33.0 Å². The van der Waals surface area contributed by atoms with Crippen molar-refractivity contribution < 1.29 is 40.9 Å². The van der Waals surface area contributed by atoms with Crippen molar-refractivity contribution in [3.05, 3.63) is 83.3 Å². The van der Waals surface area contributed by atoms with E-state index in [1.165, 1.54) is 12.8 Å². The molecule has 1 saturated carbocycles. The summed E-state index contributed by atoms with van der Waals surface area (Å²) in [6.07, 6.45) is 4.04. The van der Waals surface area contributed by atoms with Gasteiger partial charge in [0.25, 0.3) is 0 Å². The van der Waals surface area contributed by atoms with E-state index in [0.29, 0.717) is 0 Å². The molecule has 4 unspecified atom stereocenters. The molecule has 1 aliphatic carbocycles. The van der Waals surface area contributed by atoms with Crippen LogP contribution in [0, 0.1) is 0 Å². The number of carbonyl (C=O) groups is 2. The van der Waals surface area contributed by atoms with Gasteiger partial charge in [-0.3, -0.25) is 9.59 Å². The number of nitrogens with one attached hydrogen (secondary N) is 2. The van der Waals surface area contributed by atoms with E-state index in [2.05, 4.69) is 0 Å². The fraction of sp³-hybridized carbons (Fsp3) is 0.417. The molecule has 0 radical (unpaired) electrons. The van der Waals surface area contributed by atoms with Crippen LogP contribution in [0.15, 0.2) is 60.7 Å². The molecular formula is C24H30N2O4Pt. The number of hydrogen-bond donors (Lipinski definition) is 2. The first kappa shape index (κ1) is 27.0. The molecule has 0 aliphatic heterocycles. The van der Waals surface area contributed by atoms with E-state index in [0.717, 1.165) is 24.0 Å². The zero-order chi connectivity index (χ0) is 21.9. The van der Waals surface area contributed by atoms with Crippen LogP contribution in [0.25, 0.3) is 11.5 Å². The molecular weight excluding hydrogens is 575 g/mol. The summed E-state index contributed by atoms with van der Waals surface area (Å²) in [5.41, 5.74) is 16.3. The number of carboxylic acids is 2. The van der Waals surface area contributed by atoms with E-state index in [1.54, 1.807) is 0 Å². The summed E-state index contributed by atoms with van der Waals surface area (Å²) >= 11 is 0. The van der Waals surface area contributed by atoms with Gasteiger partial charge < -0.3 is 21.7 Å². The van der Waals surface area contributed by atoms with Crippen molar-refractivity contribution in [1.82, 2.24) is 0 Å². The minimum Gasteiger partial charge on any atom is -0.676 e. The first-order valence-electron chi connectivity index (χ1n) is 10.3. The van der Waals surface area contributed by atoms with E-state index in [1.807, 2.05) is 60.7 Å². The molecule has 0 spiro atoms. The summed E-state index contributed by atoms with van der Waals surface area (Å²) in [5.74, 6) is -2.62. The van der Waals surface area contributed by atoms with Crippen LogP contribution in [0.3, 0.4) is 0 Å². The van der Waals surface area contributed by atoms with Crippen LogP contribution < -0.4 is 0 Å². The second-order valence-electron chi connectivity index (χ2n) is 7.73. The summed E-state index contributed by atoms with van der Waals surface area (Å²) in [7, 11) is 0. The third kappa shape index (κ3) is 9.34. The molecule has 4 atom stereocenters. The van der Waals surface area contributed by atoms with E-state index >= 15 is 0 Å². The van der Waals surface area contributed by atoms with Crippen LogP contribution in [-0.4, -0.2) is 34.2 Å². The van der Waals surface area contributed by atoms with Crippen LogP contribution in [0.4, 0.5) is 0 Å². The molecule has 31 heavy (non-hydrogen) atoms. The van der Waals surface area contributed by atoms with Crippen molar-refractivity contribution in [3.8, 4) is 0 Å². The van der Waals surface area contributed by atoms with Crippen LogP contribution in [0.1, 0.15) is 61.5 Å². The summed E-state index contributed by atoms with van der Waals surface area (Å²) in [6, 6.07) is 18.3. The average Bonchev–Trinajstić information content (AvgIpc) is 2.74. The smallest absolute Gasteiger partial charge is 0.676 e. The number of hydrogen-bond acceptors (Lipinski definition) is 2. The molecule has 2 aromatic carbocycles. The van der Waals surface area contributed by atoms with E-state index in [4.69, 9.17) is 11.5 Å². The Labute approximate surface area is 198 Å². The summed E-state index contributed by atoms with van der Waals surface area (Å²) in [5, 5.41) is 18.5. The van der Waals surface area contributed by atoms with Gasteiger partial charge in [0.1, 0.15) is 0 Å². The molecule has 0 bridgehead atoms. The number of rotatable bonds is 7. The average molecular weight is 606 g/mol. The molecule has 0 aromatic heterocycles. The quantitative estimate of drug-likeness (QED) is 0.408. The Balaban J connectivity index is 0.000000450. The van der Waals surface area contributed by atoms with Gasteiger partial charge in [-0.2, -0.15) is 12.1 Å². The minimum absolute atomic E-state index is 0. The molecule has 4 N–H and O–H groups in total. The van der Waals surface area contributed by atoms with Gasteiger partial charge in [0.05, 0.1) is 12.8 Å². The first-order chi connectivity index (χ1) is 14.4. The van der Waals surface area contributed by atoms with Crippen molar-refractivity contribution in [1.29, 1.82) is 0 Å². The maximum absolute atomic E-state index is 11.3. The summed E-state index contributed by atoms with van der Waals surface area (Å²) in [6.45, 7) is 0. The molecule has 7 heteroatoms. The van der Waals surface area contributed by atoms with Crippen molar-refractivity contribution in [3.63, 3.8) is 0 Å². The maximum atomic E-state index is 11.3. The number of carboxylic acid groups (broad SMARTS) is 2. The van der Waals surface area contributed by atoms with Gasteiger partial charge in [-0.05, 0) is 11.1 Å². The Morgan fingerprint density at radius 2 is 1.06 bits per heavy atom. The first-order valence-corrected chi connectivity index (χ1v) is 10.3. The van der Waals surface area contributed by atoms with E-state index in [-0.39, 0.29) is 57.8 Å². The third-order valence-electron chi connectivity index (χ3n) is 5.50. The molecule has 170 valence electrons. The number of aliphatic carboxylic acids is 2. The molecule has 1 fully saturated rings. The molecule has 1 aliphatic rings. The molecule has 3 rings (SSSR count). The minimum atomic E-state index is -0.930.